The number of hydrogen-bond acceptors (Lipinski definition) is 2. The predicted molar refractivity (Wildman–Crippen MR) is 67.2 cm³/mol. The first-order chi connectivity index (χ1) is 7.58. The van der Waals surface area contributed by atoms with Gasteiger partial charge in [-0.25, -0.2) is 4.39 Å². The van der Waals surface area contributed by atoms with Gasteiger partial charge in [-0.05, 0) is 52.2 Å². The van der Waals surface area contributed by atoms with Gasteiger partial charge in [0.15, 0.2) is 0 Å². The van der Waals surface area contributed by atoms with Crippen LogP contribution in [-0.2, 0) is 0 Å². The van der Waals surface area contributed by atoms with Crippen molar-refractivity contribution in [2.75, 3.05) is 0 Å². The highest BCUT2D eigenvalue weighted by atomic mass is 79.9. The molecule has 1 aromatic heterocycles. The highest BCUT2D eigenvalue weighted by Crippen LogP contribution is 2.33. The Morgan fingerprint density at radius 1 is 1.31 bits per heavy atom. The van der Waals surface area contributed by atoms with E-state index in [2.05, 4.69) is 15.9 Å². The molecule has 0 bridgehead atoms. The summed E-state index contributed by atoms with van der Waals surface area (Å²) in [4.78, 5) is 1.06. The molecule has 0 aliphatic rings. The fourth-order valence-corrected chi connectivity index (χ4v) is 3.30. The highest BCUT2D eigenvalue weighted by Gasteiger charge is 2.15. The van der Waals surface area contributed by atoms with Crippen molar-refractivity contribution >= 4 is 27.3 Å². The van der Waals surface area contributed by atoms with Crippen molar-refractivity contribution in [1.29, 1.82) is 0 Å². The zero-order chi connectivity index (χ0) is 11.7. The minimum Gasteiger partial charge on any atom is -0.384 e. The van der Waals surface area contributed by atoms with Crippen molar-refractivity contribution in [3.63, 3.8) is 0 Å². The third-order valence-corrected chi connectivity index (χ3v) is 3.98. The van der Waals surface area contributed by atoms with Gasteiger partial charge in [-0.1, -0.05) is 12.1 Å². The van der Waals surface area contributed by atoms with Gasteiger partial charge >= 0.3 is 0 Å². The molecular formula is C12H10BrFOS. The molecule has 1 heterocycles. The van der Waals surface area contributed by atoms with Crippen LogP contribution < -0.4 is 0 Å². The number of hydrogen-bond donors (Lipinski definition) is 1. The Labute approximate surface area is 106 Å². The third-order valence-electron chi connectivity index (χ3n) is 2.41. The van der Waals surface area contributed by atoms with Gasteiger partial charge in [-0.15, -0.1) is 11.3 Å². The summed E-state index contributed by atoms with van der Waals surface area (Å²) in [6, 6.07) is 7.81. The Balaban J connectivity index is 2.35. The van der Waals surface area contributed by atoms with E-state index in [4.69, 9.17) is 0 Å². The van der Waals surface area contributed by atoms with E-state index in [1.165, 1.54) is 12.1 Å². The van der Waals surface area contributed by atoms with Crippen LogP contribution in [0.25, 0.3) is 0 Å². The lowest BCUT2D eigenvalue weighted by atomic mass is 10.0. The first kappa shape index (κ1) is 11.8. The zero-order valence-corrected chi connectivity index (χ0v) is 11.0. The van der Waals surface area contributed by atoms with Crippen molar-refractivity contribution in [3.05, 3.63) is 55.9 Å². The normalized spacial score (nSPS) is 12.8. The van der Waals surface area contributed by atoms with Crippen LogP contribution in [0.15, 0.2) is 34.1 Å². The van der Waals surface area contributed by atoms with Crippen LogP contribution in [0.2, 0.25) is 0 Å². The molecule has 4 heteroatoms. The summed E-state index contributed by atoms with van der Waals surface area (Å²) in [5.74, 6) is -0.292. The summed E-state index contributed by atoms with van der Waals surface area (Å²) in [6.45, 7) is 1.96. The van der Waals surface area contributed by atoms with Crippen LogP contribution in [0.1, 0.15) is 22.1 Å². The van der Waals surface area contributed by atoms with E-state index in [0.717, 1.165) is 14.2 Å². The molecule has 0 aliphatic carbocycles. The number of thiophene rings is 1. The third kappa shape index (κ3) is 2.34. The molecule has 16 heavy (non-hydrogen) atoms. The number of aliphatic hydroxyl groups excluding tert-OH is 1. The summed E-state index contributed by atoms with van der Waals surface area (Å²) >= 11 is 4.96. The van der Waals surface area contributed by atoms with E-state index in [-0.39, 0.29) is 5.82 Å². The molecule has 1 unspecified atom stereocenters. The van der Waals surface area contributed by atoms with E-state index in [1.54, 1.807) is 23.5 Å². The SMILES string of the molecule is Cc1sc(Br)cc1C(O)c1ccc(F)cc1. The molecule has 1 nitrogen and oxygen atoms in total. The fourth-order valence-electron chi connectivity index (χ4n) is 1.55. The summed E-state index contributed by atoms with van der Waals surface area (Å²) in [7, 11) is 0. The molecular weight excluding hydrogens is 291 g/mol. The van der Waals surface area contributed by atoms with Crippen LogP contribution in [0, 0.1) is 12.7 Å². The van der Waals surface area contributed by atoms with Crippen LogP contribution >= 0.6 is 27.3 Å². The van der Waals surface area contributed by atoms with Gasteiger partial charge in [0, 0.05) is 4.88 Å². The Morgan fingerprint density at radius 2 is 1.94 bits per heavy atom. The molecule has 1 aromatic carbocycles. The average Bonchev–Trinajstić information content (AvgIpc) is 2.58. The van der Waals surface area contributed by atoms with Gasteiger partial charge in [0.05, 0.1) is 3.79 Å². The van der Waals surface area contributed by atoms with E-state index in [0.29, 0.717) is 5.56 Å². The van der Waals surface area contributed by atoms with Crippen LogP contribution in [-0.4, -0.2) is 5.11 Å². The Morgan fingerprint density at radius 3 is 2.44 bits per heavy atom. The standard InChI is InChI=1S/C12H10BrFOS/c1-7-10(6-11(13)16-7)12(15)8-2-4-9(14)5-3-8/h2-6,12,15H,1H3. The second-order valence-corrected chi connectivity index (χ2v) is 6.15. The van der Waals surface area contributed by atoms with Crippen molar-refractivity contribution in [1.82, 2.24) is 0 Å². The first-order valence-electron chi connectivity index (χ1n) is 4.77. The van der Waals surface area contributed by atoms with Crippen molar-refractivity contribution in [2.45, 2.75) is 13.0 Å². The summed E-state index contributed by atoms with van der Waals surface area (Å²) in [5.41, 5.74) is 1.57. The minimum atomic E-state index is -0.692. The van der Waals surface area contributed by atoms with Gasteiger partial charge < -0.3 is 5.11 Å². The molecule has 1 atom stereocenters. The molecule has 0 saturated carbocycles. The average molecular weight is 301 g/mol. The van der Waals surface area contributed by atoms with E-state index in [1.807, 2.05) is 13.0 Å². The van der Waals surface area contributed by atoms with Crippen molar-refractivity contribution in [2.24, 2.45) is 0 Å². The lowest BCUT2D eigenvalue weighted by molar-refractivity contribution is 0.220. The largest absolute Gasteiger partial charge is 0.384 e. The number of rotatable bonds is 2. The van der Waals surface area contributed by atoms with E-state index >= 15 is 0 Å². The molecule has 0 saturated heterocycles. The first-order valence-corrected chi connectivity index (χ1v) is 6.38. The molecule has 2 rings (SSSR count). The number of benzene rings is 1. The van der Waals surface area contributed by atoms with Crippen molar-refractivity contribution in [3.8, 4) is 0 Å². The predicted octanol–water partition coefficient (Wildman–Crippen LogP) is 4.04. The maximum absolute atomic E-state index is 12.7. The molecule has 1 N–H and O–H groups in total. The Bertz CT molecular complexity index is 492. The number of aliphatic hydroxyl groups is 1. The highest BCUT2D eigenvalue weighted by molar-refractivity contribution is 9.11. The summed E-state index contributed by atoms with van der Waals surface area (Å²) in [6.07, 6.45) is -0.692. The summed E-state index contributed by atoms with van der Waals surface area (Å²) in [5, 5.41) is 10.1. The second kappa shape index (κ2) is 4.65. The molecule has 0 amide bonds. The van der Waals surface area contributed by atoms with Crippen LogP contribution in [0.4, 0.5) is 4.39 Å². The fraction of sp³-hybridized carbons (Fsp3) is 0.167. The quantitative estimate of drug-likeness (QED) is 0.887. The Hall–Kier alpha value is -0.710. The van der Waals surface area contributed by atoms with Crippen LogP contribution in [0.3, 0.4) is 0 Å². The molecule has 0 aliphatic heterocycles. The summed E-state index contributed by atoms with van der Waals surface area (Å²) < 4.78 is 13.7. The van der Waals surface area contributed by atoms with E-state index in [9.17, 15) is 9.50 Å². The molecule has 0 radical (unpaired) electrons. The molecule has 0 spiro atoms. The van der Waals surface area contributed by atoms with Gasteiger partial charge in [-0.2, -0.15) is 0 Å². The van der Waals surface area contributed by atoms with Gasteiger partial charge in [0.1, 0.15) is 11.9 Å². The van der Waals surface area contributed by atoms with Gasteiger partial charge in [0.25, 0.3) is 0 Å². The smallest absolute Gasteiger partial charge is 0.123 e. The molecule has 84 valence electrons. The van der Waals surface area contributed by atoms with Crippen molar-refractivity contribution < 1.29 is 9.50 Å². The Kier molecular flexibility index (Phi) is 3.42. The van der Waals surface area contributed by atoms with Gasteiger partial charge in [0.2, 0.25) is 0 Å². The zero-order valence-electron chi connectivity index (χ0n) is 8.58. The lowest BCUT2D eigenvalue weighted by Crippen LogP contribution is -1.99. The number of aryl methyl sites for hydroxylation is 1. The topological polar surface area (TPSA) is 20.2 Å². The lowest BCUT2D eigenvalue weighted by Gasteiger charge is -2.10. The monoisotopic (exact) mass is 300 g/mol. The van der Waals surface area contributed by atoms with Gasteiger partial charge in [-0.3, -0.25) is 0 Å². The molecule has 0 fully saturated rings. The number of halogens is 2. The second-order valence-electron chi connectivity index (χ2n) is 3.52. The van der Waals surface area contributed by atoms with E-state index < -0.39 is 6.10 Å². The van der Waals surface area contributed by atoms with Crippen LogP contribution in [0.5, 0.6) is 0 Å². The molecule has 2 aromatic rings. The maximum Gasteiger partial charge on any atom is 0.123 e. The minimum absolute atomic E-state index is 0.292. The maximum atomic E-state index is 12.7.